The Morgan fingerprint density at radius 2 is 2.23 bits per heavy atom. The zero-order valence-electron chi connectivity index (χ0n) is 8.77. The van der Waals surface area contributed by atoms with Gasteiger partial charge in [-0.15, -0.1) is 0 Å². The molecule has 1 unspecified atom stereocenters. The normalized spacial score (nSPS) is 17.9. The molecule has 0 aromatic carbocycles. The average Bonchev–Trinajstić information content (AvgIpc) is 2.08. The fourth-order valence-electron chi connectivity index (χ4n) is 1.52. The Labute approximate surface area is 81.0 Å². The molecular formula is C11H21NO. The van der Waals surface area contributed by atoms with Crippen molar-refractivity contribution in [2.24, 2.45) is 5.92 Å². The van der Waals surface area contributed by atoms with Crippen molar-refractivity contribution >= 4 is 0 Å². The van der Waals surface area contributed by atoms with E-state index in [2.05, 4.69) is 19.2 Å². The van der Waals surface area contributed by atoms with Gasteiger partial charge in [-0.2, -0.15) is 0 Å². The topological polar surface area (TPSA) is 32.3 Å². The Hall–Kier alpha value is -0.500. The minimum absolute atomic E-state index is 0.277. The van der Waals surface area contributed by atoms with Crippen LogP contribution in [0.15, 0.2) is 11.3 Å². The van der Waals surface area contributed by atoms with Gasteiger partial charge in [0.2, 0.25) is 0 Å². The molecule has 0 radical (unpaired) electrons. The Morgan fingerprint density at radius 1 is 1.54 bits per heavy atom. The first-order valence-electron chi connectivity index (χ1n) is 5.33. The molecule has 1 atom stereocenters. The second-order valence-electron chi connectivity index (χ2n) is 3.96. The third-order valence-corrected chi connectivity index (χ3v) is 2.71. The summed E-state index contributed by atoms with van der Waals surface area (Å²) in [6, 6.07) is 0. The van der Waals surface area contributed by atoms with E-state index in [1.165, 1.54) is 25.0 Å². The minimum atomic E-state index is 0.277. The van der Waals surface area contributed by atoms with E-state index in [9.17, 15) is 0 Å². The van der Waals surface area contributed by atoms with Gasteiger partial charge < -0.3 is 10.4 Å². The summed E-state index contributed by atoms with van der Waals surface area (Å²) in [6.45, 7) is 5.44. The van der Waals surface area contributed by atoms with E-state index in [1.807, 2.05) is 0 Å². The molecule has 1 rings (SSSR count). The van der Waals surface area contributed by atoms with E-state index in [1.54, 1.807) is 5.57 Å². The maximum atomic E-state index is 8.87. The van der Waals surface area contributed by atoms with E-state index in [0.717, 1.165) is 13.0 Å². The van der Waals surface area contributed by atoms with E-state index in [4.69, 9.17) is 5.11 Å². The molecule has 0 bridgehead atoms. The van der Waals surface area contributed by atoms with Crippen LogP contribution in [0.4, 0.5) is 0 Å². The highest BCUT2D eigenvalue weighted by Crippen LogP contribution is 2.28. The summed E-state index contributed by atoms with van der Waals surface area (Å²) >= 11 is 0. The van der Waals surface area contributed by atoms with Crippen molar-refractivity contribution in [2.75, 3.05) is 13.2 Å². The molecule has 1 aliphatic rings. The third-order valence-electron chi connectivity index (χ3n) is 2.71. The van der Waals surface area contributed by atoms with Gasteiger partial charge in [0.1, 0.15) is 0 Å². The van der Waals surface area contributed by atoms with Gasteiger partial charge in [-0.1, -0.05) is 19.4 Å². The monoisotopic (exact) mass is 183 g/mol. The number of rotatable bonds is 5. The van der Waals surface area contributed by atoms with Crippen LogP contribution in [0.2, 0.25) is 0 Å². The van der Waals surface area contributed by atoms with Crippen molar-refractivity contribution in [2.45, 2.75) is 39.5 Å². The quantitative estimate of drug-likeness (QED) is 0.683. The van der Waals surface area contributed by atoms with Crippen LogP contribution in [0.1, 0.15) is 39.5 Å². The molecule has 2 heteroatoms. The van der Waals surface area contributed by atoms with Crippen LogP contribution in [0, 0.1) is 5.92 Å². The van der Waals surface area contributed by atoms with Crippen LogP contribution in [0.5, 0.6) is 0 Å². The number of aliphatic hydroxyl groups excluding tert-OH is 1. The molecule has 0 aromatic rings. The lowest BCUT2D eigenvalue weighted by atomic mass is 9.89. The van der Waals surface area contributed by atoms with Gasteiger partial charge >= 0.3 is 0 Å². The summed E-state index contributed by atoms with van der Waals surface area (Å²) in [7, 11) is 0. The lowest BCUT2D eigenvalue weighted by Gasteiger charge is -2.23. The summed E-state index contributed by atoms with van der Waals surface area (Å²) in [5.74, 6) is 0.363. The molecule has 0 spiro atoms. The lowest BCUT2D eigenvalue weighted by molar-refractivity contribution is 0.236. The van der Waals surface area contributed by atoms with Gasteiger partial charge in [-0.3, -0.25) is 0 Å². The van der Waals surface area contributed by atoms with E-state index in [-0.39, 0.29) is 6.61 Å². The molecule has 1 aliphatic carbocycles. The molecule has 1 saturated carbocycles. The maximum absolute atomic E-state index is 8.87. The second-order valence-corrected chi connectivity index (χ2v) is 3.96. The number of aliphatic hydroxyl groups is 1. The molecule has 1 fully saturated rings. The van der Waals surface area contributed by atoms with Gasteiger partial charge in [0.25, 0.3) is 0 Å². The fraction of sp³-hybridized carbons (Fsp3) is 0.818. The first-order valence-corrected chi connectivity index (χ1v) is 5.33. The van der Waals surface area contributed by atoms with Crippen LogP contribution in [-0.4, -0.2) is 18.3 Å². The predicted octanol–water partition coefficient (Wildman–Crippen LogP) is 2.05. The molecule has 2 nitrogen and oxygen atoms in total. The van der Waals surface area contributed by atoms with Crippen LogP contribution in [-0.2, 0) is 0 Å². The van der Waals surface area contributed by atoms with Crippen molar-refractivity contribution in [1.29, 1.82) is 0 Å². The molecule has 0 aromatic heterocycles. The van der Waals surface area contributed by atoms with Crippen molar-refractivity contribution in [3.63, 3.8) is 0 Å². The van der Waals surface area contributed by atoms with Crippen molar-refractivity contribution in [3.05, 3.63) is 11.3 Å². The number of nitrogens with one attached hydrogen (secondary N) is 1. The summed E-state index contributed by atoms with van der Waals surface area (Å²) in [6.07, 6.45) is 5.02. The Balaban J connectivity index is 2.32. The third kappa shape index (κ3) is 3.03. The zero-order chi connectivity index (χ0) is 9.68. The number of allylic oxidation sites excluding steroid dienone is 2. The summed E-state index contributed by atoms with van der Waals surface area (Å²) in [4.78, 5) is 0. The van der Waals surface area contributed by atoms with Gasteiger partial charge in [0.15, 0.2) is 0 Å². The molecule has 0 amide bonds. The van der Waals surface area contributed by atoms with Crippen LogP contribution >= 0.6 is 0 Å². The van der Waals surface area contributed by atoms with E-state index in [0.29, 0.717) is 5.92 Å². The minimum Gasteiger partial charge on any atom is -0.396 e. The molecule has 13 heavy (non-hydrogen) atoms. The molecular weight excluding hydrogens is 162 g/mol. The van der Waals surface area contributed by atoms with Crippen LogP contribution in [0.3, 0.4) is 0 Å². The molecule has 0 saturated heterocycles. The Kier molecular flexibility index (Phi) is 4.29. The smallest absolute Gasteiger partial charge is 0.0473 e. The highest BCUT2D eigenvalue weighted by atomic mass is 16.3. The molecule has 0 aliphatic heterocycles. The van der Waals surface area contributed by atoms with E-state index >= 15 is 0 Å². The standard InChI is InChI=1S/C11H21NO/c1-3-11(10-5-4-6-10)12-7-9(2)8-13/h9,12-13H,3-8H2,1-2H3. The van der Waals surface area contributed by atoms with Gasteiger partial charge in [0.05, 0.1) is 0 Å². The lowest BCUT2D eigenvalue weighted by Crippen LogP contribution is -2.24. The fourth-order valence-corrected chi connectivity index (χ4v) is 1.52. The largest absolute Gasteiger partial charge is 0.396 e. The van der Waals surface area contributed by atoms with Gasteiger partial charge in [-0.25, -0.2) is 0 Å². The van der Waals surface area contributed by atoms with Gasteiger partial charge in [-0.05, 0) is 31.6 Å². The SMILES string of the molecule is CCC(NCC(C)CO)=C1CCC1. The van der Waals surface area contributed by atoms with Crippen molar-refractivity contribution in [1.82, 2.24) is 5.32 Å². The van der Waals surface area contributed by atoms with Crippen molar-refractivity contribution in [3.8, 4) is 0 Å². The van der Waals surface area contributed by atoms with Crippen LogP contribution in [0.25, 0.3) is 0 Å². The first kappa shape index (κ1) is 10.6. The predicted molar refractivity (Wildman–Crippen MR) is 55.4 cm³/mol. The molecule has 2 N–H and O–H groups in total. The summed E-state index contributed by atoms with van der Waals surface area (Å²) in [5.41, 5.74) is 3.03. The maximum Gasteiger partial charge on any atom is 0.0473 e. The summed E-state index contributed by atoms with van der Waals surface area (Å²) in [5, 5.41) is 12.3. The molecule has 0 heterocycles. The van der Waals surface area contributed by atoms with Crippen molar-refractivity contribution < 1.29 is 5.11 Å². The Morgan fingerprint density at radius 3 is 2.62 bits per heavy atom. The Bertz CT molecular complexity index is 181. The highest BCUT2D eigenvalue weighted by molar-refractivity contribution is 5.17. The first-order chi connectivity index (χ1) is 6.27. The summed E-state index contributed by atoms with van der Waals surface area (Å²) < 4.78 is 0. The van der Waals surface area contributed by atoms with Gasteiger partial charge in [0, 0.05) is 18.8 Å². The number of hydrogen-bond donors (Lipinski definition) is 2. The van der Waals surface area contributed by atoms with Crippen LogP contribution < -0.4 is 5.32 Å². The van der Waals surface area contributed by atoms with E-state index < -0.39 is 0 Å². The number of hydrogen-bond acceptors (Lipinski definition) is 2. The zero-order valence-corrected chi connectivity index (χ0v) is 8.77. The molecule has 76 valence electrons. The highest BCUT2D eigenvalue weighted by Gasteiger charge is 2.13. The second kappa shape index (κ2) is 5.28. The average molecular weight is 183 g/mol.